The minimum Gasteiger partial charge on any atom is -0.445 e. The van der Waals surface area contributed by atoms with Crippen LogP contribution < -0.4 is 11.1 Å². The van der Waals surface area contributed by atoms with Crippen molar-refractivity contribution in [1.82, 2.24) is 5.32 Å². The van der Waals surface area contributed by atoms with E-state index in [1.165, 1.54) is 24.3 Å². The van der Waals surface area contributed by atoms with E-state index in [2.05, 4.69) is 5.32 Å². The van der Waals surface area contributed by atoms with Crippen molar-refractivity contribution in [3.63, 3.8) is 0 Å². The van der Waals surface area contributed by atoms with Gasteiger partial charge in [0.2, 0.25) is 5.78 Å². The third-order valence-corrected chi connectivity index (χ3v) is 3.57. The number of nitro groups is 1. The van der Waals surface area contributed by atoms with Crippen LogP contribution in [-0.4, -0.2) is 28.2 Å². The number of rotatable bonds is 8. The summed E-state index contributed by atoms with van der Waals surface area (Å²) < 4.78 is 15.5. The molecule has 0 heterocycles. The number of ether oxygens (including phenoxy) is 1. The van der Waals surface area contributed by atoms with Gasteiger partial charge in [-0.2, -0.15) is 4.89 Å². The summed E-state index contributed by atoms with van der Waals surface area (Å²) >= 11 is 0. The molecule has 1 aromatic carbocycles. The highest BCUT2D eigenvalue weighted by Gasteiger charge is 2.22. The molecule has 1 rings (SSSR count). The molecule has 0 bridgehead atoms. The van der Waals surface area contributed by atoms with Crippen LogP contribution in [0.5, 0.6) is 0 Å². The predicted octanol–water partition coefficient (Wildman–Crippen LogP) is 1.62. The van der Waals surface area contributed by atoms with Crippen molar-refractivity contribution >= 4 is 19.8 Å². The normalized spacial score (nSPS) is 12.4. The lowest BCUT2D eigenvalue weighted by Crippen LogP contribution is -2.26. The van der Waals surface area contributed by atoms with Crippen LogP contribution in [0.3, 0.4) is 0 Å². The summed E-state index contributed by atoms with van der Waals surface area (Å²) in [6, 6.07) is 5.66. The molecule has 0 fully saturated rings. The van der Waals surface area contributed by atoms with Gasteiger partial charge in [0.25, 0.3) is 5.69 Å². The Bertz CT molecular complexity index is 536. The first kappa shape index (κ1) is 18.0. The SMILES string of the molecule is NC(CCCNC(=O)OCc1ccc([N+](=O)[O-])cc1)[P+](=O)O. The van der Waals surface area contributed by atoms with Crippen molar-refractivity contribution in [2.75, 3.05) is 6.54 Å². The van der Waals surface area contributed by atoms with E-state index in [0.29, 0.717) is 18.4 Å². The van der Waals surface area contributed by atoms with Gasteiger partial charge >= 0.3 is 14.1 Å². The number of amides is 1. The van der Waals surface area contributed by atoms with Gasteiger partial charge in [-0.25, -0.2) is 4.79 Å². The number of alkyl carbamates (subject to hydrolysis) is 1. The average Bonchev–Trinajstić information content (AvgIpc) is 2.49. The number of hydrogen-bond donors (Lipinski definition) is 3. The maximum atomic E-state index is 11.4. The molecule has 0 spiro atoms. The average molecular weight is 330 g/mol. The first-order valence-corrected chi connectivity index (χ1v) is 7.73. The molecule has 2 atom stereocenters. The van der Waals surface area contributed by atoms with Crippen LogP contribution >= 0.6 is 8.03 Å². The molecule has 0 saturated carbocycles. The molecular weight excluding hydrogens is 313 g/mol. The van der Waals surface area contributed by atoms with Crippen molar-refractivity contribution in [2.24, 2.45) is 5.73 Å². The topological polar surface area (TPSA) is 145 Å². The maximum Gasteiger partial charge on any atom is 0.524 e. The Morgan fingerprint density at radius 3 is 2.64 bits per heavy atom. The fraction of sp³-hybridized carbons (Fsp3) is 0.417. The van der Waals surface area contributed by atoms with E-state index in [1.54, 1.807) is 0 Å². The lowest BCUT2D eigenvalue weighted by molar-refractivity contribution is -0.384. The molecule has 10 heteroatoms. The second kappa shape index (κ2) is 9.04. The molecule has 4 N–H and O–H groups in total. The Kier molecular flexibility index (Phi) is 7.38. The molecule has 22 heavy (non-hydrogen) atoms. The molecule has 0 saturated heterocycles. The number of nitrogens with zero attached hydrogens (tertiary/aromatic N) is 1. The summed E-state index contributed by atoms with van der Waals surface area (Å²) in [5.74, 6) is -0.798. The highest BCUT2D eigenvalue weighted by Crippen LogP contribution is 2.21. The Hall–Kier alpha value is -2.09. The van der Waals surface area contributed by atoms with E-state index in [1.807, 2.05) is 0 Å². The van der Waals surface area contributed by atoms with Crippen LogP contribution in [0.1, 0.15) is 18.4 Å². The van der Waals surface area contributed by atoms with Crippen LogP contribution in [-0.2, 0) is 15.9 Å². The number of carbonyl (C=O) groups is 1. The molecule has 0 aliphatic rings. The molecule has 0 aliphatic heterocycles. The van der Waals surface area contributed by atoms with E-state index in [9.17, 15) is 19.5 Å². The van der Waals surface area contributed by atoms with E-state index >= 15 is 0 Å². The zero-order valence-corrected chi connectivity index (χ0v) is 12.6. The minimum atomic E-state index is -2.40. The molecule has 0 aromatic heterocycles. The smallest absolute Gasteiger partial charge is 0.445 e. The van der Waals surface area contributed by atoms with E-state index in [4.69, 9.17) is 15.4 Å². The lowest BCUT2D eigenvalue weighted by atomic mass is 10.2. The summed E-state index contributed by atoms with van der Waals surface area (Å²) in [7, 11) is -2.40. The Morgan fingerprint density at radius 1 is 1.45 bits per heavy atom. The Labute approximate surface area is 127 Å². The number of nitro benzene ring substituents is 1. The van der Waals surface area contributed by atoms with Crippen molar-refractivity contribution < 1.29 is 23.9 Å². The first-order valence-electron chi connectivity index (χ1n) is 6.45. The second-order valence-corrected chi connectivity index (χ2v) is 5.71. The highest BCUT2D eigenvalue weighted by molar-refractivity contribution is 7.38. The fourth-order valence-corrected chi connectivity index (χ4v) is 1.93. The summed E-state index contributed by atoms with van der Waals surface area (Å²) in [6.45, 7) is 0.266. The van der Waals surface area contributed by atoms with Gasteiger partial charge < -0.3 is 10.1 Å². The quantitative estimate of drug-likeness (QED) is 0.284. The first-order chi connectivity index (χ1) is 10.4. The van der Waals surface area contributed by atoms with Crippen LogP contribution in [0.2, 0.25) is 0 Å². The van der Waals surface area contributed by atoms with Crippen LogP contribution in [0.25, 0.3) is 0 Å². The summed E-state index contributed by atoms with van der Waals surface area (Å²) in [5.41, 5.74) is 5.97. The zero-order valence-electron chi connectivity index (χ0n) is 11.7. The molecule has 0 radical (unpaired) electrons. The van der Waals surface area contributed by atoms with Gasteiger partial charge in [-0.05, 0) is 28.7 Å². The highest BCUT2D eigenvalue weighted by atomic mass is 31.1. The zero-order chi connectivity index (χ0) is 16.5. The van der Waals surface area contributed by atoms with Gasteiger partial charge in [-0.3, -0.25) is 15.8 Å². The van der Waals surface area contributed by atoms with Gasteiger partial charge in [-0.1, -0.05) is 0 Å². The lowest BCUT2D eigenvalue weighted by Gasteiger charge is -2.07. The monoisotopic (exact) mass is 330 g/mol. The van der Waals surface area contributed by atoms with Gasteiger partial charge in [0, 0.05) is 25.1 Å². The molecular formula is C12H17N3O6P+. The summed E-state index contributed by atoms with van der Waals surface area (Å²) in [5, 5.41) is 13.0. The van der Waals surface area contributed by atoms with Crippen molar-refractivity contribution in [2.45, 2.75) is 25.2 Å². The van der Waals surface area contributed by atoms with Crippen molar-refractivity contribution in [1.29, 1.82) is 0 Å². The molecule has 9 nitrogen and oxygen atoms in total. The van der Waals surface area contributed by atoms with Gasteiger partial charge in [0.15, 0.2) is 0 Å². The predicted molar refractivity (Wildman–Crippen MR) is 78.3 cm³/mol. The van der Waals surface area contributed by atoms with Crippen molar-refractivity contribution in [3.8, 4) is 0 Å². The fourth-order valence-electron chi connectivity index (χ4n) is 1.53. The minimum absolute atomic E-state index is 0.00809. The molecule has 0 aliphatic carbocycles. The van der Waals surface area contributed by atoms with E-state index < -0.39 is 24.8 Å². The second-order valence-electron chi connectivity index (χ2n) is 4.44. The number of nitrogens with two attached hydrogens (primary N) is 1. The van der Waals surface area contributed by atoms with E-state index in [-0.39, 0.29) is 18.8 Å². The molecule has 120 valence electrons. The van der Waals surface area contributed by atoms with Crippen molar-refractivity contribution in [3.05, 3.63) is 39.9 Å². The maximum absolute atomic E-state index is 11.4. The third kappa shape index (κ3) is 6.57. The molecule has 1 aromatic rings. The molecule has 1 amide bonds. The third-order valence-electron chi connectivity index (χ3n) is 2.75. The largest absolute Gasteiger partial charge is 0.524 e. The Balaban J connectivity index is 2.23. The summed E-state index contributed by atoms with van der Waals surface area (Å²) in [4.78, 5) is 30.1. The molecule has 2 unspecified atom stereocenters. The standard InChI is InChI=1S/C12H16N3O6P/c13-11(22(19)20)2-1-7-14-12(16)21-8-9-3-5-10(6-4-9)15(17)18/h3-6,11H,1-2,7-8,13H2,(H-,14,16,19,20)/p+1. The van der Waals surface area contributed by atoms with E-state index in [0.717, 1.165) is 0 Å². The van der Waals surface area contributed by atoms with Gasteiger partial charge in [-0.15, -0.1) is 0 Å². The number of carbonyl (C=O) groups excluding carboxylic acids is 1. The van der Waals surface area contributed by atoms with Gasteiger partial charge in [0.1, 0.15) is 6.61 Å². The number of non-ortho nitro benzene ring substituents is 1. The van der Waals surface area contributed by atoms with Crippen LogP contribution in [0.4, 0.5) is 10.5 Å². The van der Waals surface area contributed by atoms with Gasteiger partial charge in [0.05, 0.1) is 4.92 Å². The van der Waals surface area contributed by atoms with Crippen LogP contribution in [0, 0.1) is 10.1 Å². The number of benzene rings is 1. The summed E-state index contributed by atoms with van der Waals surface area (Å²) in [6.07, 6.45) is 0.129. The number of nitrogens with one attached hydrogen (secondary N) is 1. The number of hydrogen-bond acceptors (Lipinski definition) is 6. The van der Waals surface area contributed by atoms with Crippen LogP contribution in [0.15, 0.2) is 24.3 Å². The Morgan fingerprint density at radius 2 is 2.09 bits per heavy atom.